The zero-order valence-corrected chi connectivity index (χ0v) is 16.6. The van der Waals surface area contributed by atoms with Crippen LogP contribution in [-0.2, 0) is 11.3 Å². The molecular weight excluding hydrogens is 324 g/mol. The van der Waals surface area contributed by atoms with Gasteiger partial charge < -0.3 is 10.1 Å². The number of unbranched alkanes of at least 4 members (excludes halogenated alkanes) is 5. The molecule has 1 fully saturated rings. The summed E-state index contributed by atoms with van der Waals surface area (Å²) in [5.74, 6) is 1.16. The van der Waals surface area contributed by atoms with Crippen molar-refractivity contribution < 1.29 is 9.53 Å². The summed E-state index contributed by atoms with van der Waals surface area (Å²) < 4.78 is 5.30. The van der Waals surface area contributed by atoms with Crippen molar-refractivity contribution in [2.75, 3.05) is 20.2 Å². The van der Waals surface area contributed by atoms with E-state index >= 15 is 0 Å². The number of carbonyl (C=O) groups excluding carboxylic acids is 1. The third-order valence-electron chi connectivity index (χ3n) is 5.25. The summed E-state index contributed by atoms with van der Waals surface area (Å²) in [6.07, 6.45) is 10.2. The van der Waals surface area contributed by atoms with Crippen LogP contribution in [0.15, 0.2) is 24.3 Å². The number of nitrogens with one attached hydrogen (secondary N) is 1. The van der Waals surface area contributed by atoms with Crippen molar-refractivity contribution in [3.05, 3.63) is 29.8 Å². The Labute approximate surface area is 159 Å². The minimum absolute atomic E-state index is 0.242. The van der Waals surface area contributed by atoms with E-state index in [-0.39, 0.29) is 5.91 Å². The Morgan fingerprint density at radius 3 is 2.62 bits per heavy atom. The number of nitrogens with zero attached hydrogens (tertiary/aromatic N) is 1. The van der Waals surface area contributed by atoms with Gasteiger partial charge in [-0.15, -0.1) is 0 Å². The molecule has 0 saturated carbocycles. The highest BCUT2D eigenvalue weighted by Gasteiger charge is 2.20. The molecule has 1 aromatic rings. The summed E-state index contributed by atoms with van der Waals surface area (Å²) in [4.78, 5) is 14.6. The van der Waals surface area contributed by atoms with Gasteiger partial charge in [0, 0.05) is 32.1 Å². The van der Waals surface area contributed by atoms with Crippen LogP contribution in [0.1, 0.15) is 70.3 Å². The maximum absolute atomic E-state index is 12.1. The van der Waals surface area contributed by atoms with Crippen molar-refractivity contribution in [2.45, 2.75) is 77.3 Å². The van der Waals surface area contributed by atoms with Gasteiger partial charge in [0.2, 0.25) is 5.91 Å². The fraction of sp³-hybridized carbons (Fsp3) is 0.682. The number of amides is 1. The fourth-order valence-electron chi connectivity index (χ4n) is 3.63. The van der Waals surface area contributed by atoms with Crippen molar-refractivity contribution in [3.63, 3.8) is 0 Å². The van der Waals surface area contributed by atoms with Crippen LogP contribution in [0.25, 0.3) is 0 Å². The molecule has 0 aromatic heterocycles. The fourth-order valence-corrected chi connectivity index (χ4v) is 3.63. The smallest absolute Gasteiger partial charge is 0.220 e. The Bertz CT molecular complexity index is 525. The second kappa shape index (κ2) is 11.9. The Hall–Kier alpha value is -1.55. The zero-order chi connectivity index (χ0) is 18.6. The molecule has 0 radical (unpaired) electrons. The number of methoxy groups -OCH3 is 1. The van der Waals surface area contributed by atoms with E-state index in [1.165, 1.54) is 37.7 Å². The lowest BCUT2D eigenvalue weighted by molar-refractivity contribution is -0.122. The quantitative estimate of drug-likeness (QED) is 0.590. The van der Waals surface area contributed by atoms with Gasteiger partial charge in [-0.2, -0.15) is 0 Å². The van der Waals surface area contributed by atoms with Gasteiger partial charge >= 0.3 is 0 Å². The van der Waals surface area contributed by atoms with Crippen molar-refractivity contribution in [2.24, 2.45) is 0 Å². The van der Waals surface area contributed by atoms with Gasteiger partial charge in [0.05, 0.1) is 7.11 Å². The molecule has 26 heavy (non-hydrogen) atoms. The van der Waals surface area contributed by atoms with Gasteiger partial charge in [-0.1, -0.05) is 51.2 Å². The Morgan fingerprint density at radius 1 is 1.15 bits per heavy atom. The normalized spacial score (nSPS) is 15.8. The van der Waals surface area contributed by atoms with Gasteiger partial charge in [0.15, 0.2) is 0 Å². The maximum atomic E-state index is 12.1. The molecule has 2 rings (SSSR count). The predicted octanol–water partition coefficient (Wildman–Crippen LogP) is 4.53. The standard InChI is InChI=1S/C22H36N2O2/c1-3-4-5-6-7-8-12-22(25)23-20-13-15-24(16-14-20)18-19-10-9-11-21(17-19)26-2/h9-11,17,20H,3-8,12-16,18H2,1-2H3,(H,23,25). The molecule has 1 aliphatic heterocycles. The highest BCUT2D eigenvalue weighted by atomic mass is 16.5. The average molecular weight is 361 g/mol. The predicted molar refractivity (Wildman–Crippen MR) is 107 cm³/mol. The first-order valence-corrected chi connectivity index (χ1v) is 10.4. The molecule has 1 aromatic carbocycles. The summed E-state index contributed by atoms with van der Waals surface area (Å²) in [7, 11) is 1.71. The first-order chi connectivity index (χ1) is 12.7. The van der Waals surface area contributed by atoms with Crippen LogP contribution < -0.4 is 10.1 Å². The summed E-state index contributed by atoms with van der Waals surface area (Å²) in [6, 6.07) is 8.63. The van der Waals surface area contributed by atoms with Crippen LogP contribution in [0.5, 0.6) is 5.75 Å². The molecule has 146 valence electrons. The first kappa shape index (κ1) is 20.8. The second-order valence-electron chi connectivity index (χ2n) is 7.49. The van der Waals surface area contributed by atoms with E-state index < -0.39 is 0 Å². The molecule has 0 unspecified atom stereocenters. The number of benzene rings is 1. The molecule has 0 bridgehead atoms. The van der Waals surface area contributed by atoms with Crippen LogP contribution in [0.3, 0.4) is 0 Å². The zero-order valence-electron chi connectivity index (χ0n) is 16.6. The molecule has 1 aliphatic rings. The Morgan fingerprint density at radius 2 is 1.88 bits per heavy atom. The largest absolute Gasteiger partial charge is 0.497 e. The number of likely N-dealkylation sites (tertiary alicyclic amines) is 1. The molecule has 1 heterocycles. The van der Waals surface area contributed by atoms with Crippen molar-refractivity contribution in [1.29, 1.82) is 0 Å². The topological polar surface area (TPSA) is 41.6 Å². The third-order valence-corrected chi connectivity index (χ3v) is 5.25. The van der Waals surface area contributed by atoms with Crippen LogP contribution in [0.4, 0.5) is 0 Å². The molecule has 1 saturated heterocycles. The molecule has 4 heteroatoms. The Kier molecular flexibility index (Phi) is 9.54. The average Bonchev–Trinajstić information content (AvgIpc) is 2.66. The minimum Gasteiger partial charge on any atom is -0.497 e. The van der Waals surface area contributed by atoms with Gasteiger partial charge in [-0.25, -0.2) is 0 Å². The maximum Gasteiger partial charge on any atom is 0.220 e. The lowest BCUT2D eigenvalue weighted by atomic mass is 10.0. The number of ether oxygens (including phenoxy) is 1. The van der Waals surface area contributed by atoms with Crippen molar-refractivity contribution in [1.82, 2.24) is 10.2 Å². The Balaban J connectivity index is 1.59. The highest BCUT2D eigenvalue weighted by molar-refractivity contribution is 5.76. The van der Waals surface area contributed by atoms with E-state index in [4.69, 9.17) is 4.74 Å². The van der Waals surface area contributed by atoms with Gasteiger partial charge in [-0.05, 0) is 37.0 Å². The number of hydrogen-bond acceptors (Lipinski definition) is 3. The molecule has 1 amide bonds. The third kappa shape index (κ3) is 7.77. The van der Waals surface area contributed by atoms with Crippen LogP contribution >= 0.6 is 0 Å². The van der Waals surface area contributed by atoms with E-state index in [1.54, 1.807) is 7.11 Å². The van der Waals surface area contributed by atoms with Crippen LogP contribution in [0, 0.1) is 0 Å². The van der Waals surface area contributed by atoms with Crippen LogP contribution in [0.2, 0.25) is 0 Å². The first-order valence-electron chi connectivity index (χ1n) is 10.4. The van der Waals surface area contributed by atoms with E-state index in [0.717, 1.165) is 44.6 Å². The highest BCUT2D eigenvalue weighted by Crippen LogP contribution is 2.18. The second-order valence-corrected chi connectivity index (χ2v) is 7.49. The van der Waals surface area contributed by atoms with E-state index in [2.05, 4.69) is 29.3 Å². The SMILES string of the molecule is CCCCCCCCC(=O)NC1CCN(Cc2cccc(OC)c2)CC1. The molecular formula is C22H36N2O2. The van der Waals surface area contributed by atoms with Crippen molar-refractivity contribution in [3.8, 4) is 5.75 Å². The molecule has 4 nitrogen and oxygen atoms in total. The minimum atomic E-state index is 0.242. The number of hydrogen-bond donors (Lipinski definition) is 1. The van der Waals surface area contributed by atoms with Gasteiger partial charge in [-0.3, -0.25) is 9.69 Å². The number of rotatable bonds is 11. The van der Waals surface area contributed by atoms with E-state index in [9.17, 15) is 4.79 Å². The van der Waals surface area contributed by atoms with Crippen molar-refractivity contribution >= 4 is 5.91 Å². The molecule has 0 atom stereocenters. The molecule has 0 spiro atoms. The van der Waals surface area contributed by atoms with E-state index in [0.29, 0.717) is 12.5 Å². The summed E-state index contributed by atoms with van der Waals surface area (Å²) >= 11 is 0. The summed E-state index contributed by atoms with van der Waals surface area (Å²) in [6.45, 7) is 5.27. The number of carbonyl (C=O) groups is 1. The van der Waals surface area contributed by atoms with Gasteiger partial charge in [0.1, 0.15) is 5.75 Å². The van der Waals surface area contributed by atoms with E-state index in [1.807, 2.05) is 12.1 Å². The summed E-state index contributed by atoms with van der Waals surface area (Å²) in [5, 5.41) is 3.24. The molecule has 0 aliphatic carbocycles. The lowest BCUT2D eigenvalue weighted by Crippen LogP contribution is -2.44. The number of piperidine rings is 1. The monoisotopic (exact) mass is 360 g/mol. The van der Waals surface area contributed by atoms with Gasteiger partial charge in [0.25, 0.3) is 0 Å². The lowest BCUT2D eigenvalue weighted by Gasteiger charge is -2.32. The van der Waals surface area contributed by atoms with Crippen LogP contribution in [-0.4, -0.2) is 37.0 Å². The molecule has 1 N–H and O–H groups in total. The summed E-state index contributed by atoms with van der Waals surface area (Å²) in [5.41, 5.74) is 1.29.